The molecule has 2 nitrogen and oxygen atoms in total. The molecule has 0 saturated heterocycles. The van der Waals surface area contributed by atoms with Gasteiger partial charge in [-0.1, -0.05) is 68.4 Å². The van der Waals surface area contributed by atoms with Crippen molar-refractivity contribution < 1.29 is 10.2 Å². The number of rotatable bonds is 7. The van der Waals surface area contributed by atoms with Gasteiger partial charge in [-0.3, -0.25) is 0 Å². The van der Waals surface area contributed by atoms with Crippen LogP contribution in [0.5, 0.6) is 11.5 Å². The second-order valence-corrected chi connectivity index (χ2v) is 7.08. The van der Waals surface area contributed by atoms with E-state index in [9.17, 15) is 10.2 Å². The maximum atomic E-state index is 9.78. The number of hydrogen-bond acceptors (Lipinski definition) is 2. The summed E-state index contributed by atoms with van der Waals surface area (Å²) in [6, 6.07) is 10.9. The van der Waals surface area contributed by atoms with Crippen LogP contribution in [0.3, 0.4) is 0 Å². The molecule has 2 aromatic carbocycles. The lowest BCUT2D eigenvalue weighted by Gasteiger charge is -2.36. The number of unbranched alkanes of at least 4 members (excludes halogenated alkanes) is 1. The van der Waals surface area contributed by atoms with E-state index in [0.29, 0.717) is 10.0 Å². The van der Waals surface area contributed by atoms with E-state index in [4.69, 9.17) is 23.2 Å². The molecule has 0 atom stereocenters. The van der Waals surface area contributed by atoms with Crippen molar-refractivity contribution in [2.45, 2.75) is 51.4 Å². The van der Waals surface area contributed by atoms with Gasteiger partial charge in [-0.25, -0.2) is 0 Å². The molecule has 2 N–H and O–H groups in total. The molecule has 0 radical (unpaired) electrons. The molecule has 0 aromatic heterocycles. The van der Waals surface area contributed by atoms with Crippen LogP contribution in [0.4, 0.5) is 0 Å². The van der Waals surface area contributed by atoms with E-state index in [1.807, 2.05) is 24.3 Å². The van der Waals surface area contributed by atoms with Gasteiger partial charge >= 0.3 is 0 Å². The Balaban J connectivity index is 2.65. The Bertz CT molecular complexity index is 647. The van der Waals surface area contributed by atoms with Gasteiger partial charge in [0.2, 0.25) is 0 Å². The molecule has 4 heteroatoms. The molecule has 2 rings (SSSR count). The molecule has 0 spiro atoms. The molecule has 0 aliphatic rings. The van der Waals surface area contributed by atoms with E-state index in [1.165, 1.54) is 0 Å². The Morgan fingerprint density at radius 2 is 1.29 bits per heavy atom. The number of benzene rings is 2. The molecular weight excluding hydrogens is 343 g/mol. The highest BCUT2D eigenvalue weighted by atomic mass is 35.5. The third-order valence-electron chi connectivity index (χ3n) is 4.63. The van der Waals surface area contributed by atoms with Crippen LogP contribution in [0.1, 0.15) is 57.1 Å². The number of phenolic OH excluding ortho intramolecular Hbond substituents is 2. The van der Waals surface area contributed by atoms with Crippen molar-refractivity contribution in [1.82, 2.24) is 0 Å². The second kappa shape index (κ2) is 8.13. The average Bonchev–Trinajstić information content (AvgIpc) is 2.56. The first-order valence-electron chi connectivity index (χ1n) is 8.42. The largest absolute Gasteiger partial charge is 0.506 e. The average molecular weight is 367 g/mol. The fraction of sp³-hybridized carbons (Fsp3) is 0.400. The SMILES string of the molecule is CCCCC(CCC)(c1ccc(O)c(Cl)c1)c1ccc(O)c(Cl)c1. The van der Waals surface area contributed by atoms with Gasteiger partial charge in [0.05, 0.1) is 10.0 Å². The lowest BCUT2D eigenvalue weighted by molar-refractivity contribution is 0.412. The van der Waals surface area contributed by atoms with Crippen LogP contribution in [0.15, 0.2) is 36.4 Å². The van der Waals surface area contributed by atoms with Crippen LogP contribution in [-0.2, 0) is 5.41 Å². The van der Waals surface area contributed by atoms with Crippen LogP contribution < -0.4 is 0 Å². The predicted molar refractivity (Wildman–Crippen MR) is 101 cm³/mol. The minimum absolute atomic E-state index is 0.0880. The minimum Gasteiger partial charge on any atom is -0.506 e. The van der Waals surface area contributed by atoms with Gasteiger partial charge in [0.1, 0.15) is 11.5 Å². The van der Waals surface area contributed by atoms with E-state index < -0.39 is 0 Å². The summed E-state index contributed by atoms with van der Waals surface area (Å²) in [7, 11) is 0. The Labute approximate surface area is 154 Å². The minimum atomic E-state index is -0.237. The van der Waals surface area contributed by atoms with Gasteiger partial charge in [-0.15, -0.1) is 0 Å². The Kier molecular flexibility index (Phi) is 6.42. The standard InChI is InChI=1S/C20H24Cl2O2/c1-3-5-11-20(10-4-2,14-6-8-18(23)16(21)12-14)15-7-9-19(24)17(22)13-15/h6-9,12-13,23-24H,3-5,10-11H2,1-2H3. The van der Waals surface area contributed by atoms with E-state index >= 15 is 0 Å². The number of halogens is 2. The smallest absolute Gasteiger partial charge is 0.134 e. The van der Waals surface area contributed by atoms with Gasteiger partial charge in [-0.2, -0.15) is 0 Å². The summed E-state index contributed by atoms with van der Waals surface area (Å²) in [4.78, 5) is 0. The molecule has 24 heavy (non-hydrogen) atoms. The van der Waals surface area contributed by atoms with Gasteiger partial charge in [0.25, 0.3) is 0 Å². The number of hydrogen-bond donors (Lipinski definition) is 2. The van der Waals surface area contributed by atoms with E-state index in [-0.39, 0.29) is 16.9 Å². The van der Waals surface area contributed by atoms with Crippen LogP contribution in [-0.4, -0.2) is 10.2 Å². The van der Waals surface area contributed by atoms with E-state index in [0.717, 1.165) is 43.2 Å². The molecular formula is C20H24Cl2O2. The predicted octanol–water partition coefficient (Wildman–Crippen LogP) is 6.68. The highest BCUT2D eigenvalue weighted by Gasteiger charge is 2.33. The summed E-state index contributed by atoms with van der Waals surface area (Å²) in [5.41, 5.74) is 1.91. The van der Waals surface area contributed by atoms with Gasteiger partial charge in [-0.05, 0) is 48.2 Å². The quantitative estimate of drug-likeness (QED) is 0.573. The van der Waals surface area contributed by atoms with Gasteiger partial charge < -0.3 is 10.2 Å². The van der Waals surface area contributed by atoms with Gasteiger partial charge in [0.15, 0.2) is 0 Å². The first-order chi connectivity index (χ1) is 11.4. The molecule has 0 heterocycles. The van der Waals surface area contributed by atoms with Gasteiger partial charge in [0, 0.05) is 5.41 Å². The maximum Gasteiger partial charge on any atom is 0.134 e. The number of phenols is 2. The van der Waals surface area contributed by atoms with Crippen molar-refractivity contribution in [2.24, 2.45) is 0 Å². The fourth-order valence-corrected chi connectivity index (χ4v) is 3.74. The van der Waals surface area contributed by atoms with E-state index in [1.54, 1.807) is 12.1 Å². The topological polar surface area (TPSA) is 40.5 Å². The third kappa shape index (κ3) is 3.81. The van der Waals surface area contributed by atoms with Crippen molar-refractivity contribution in [3.63, 3.8) is 0 Å². The van der Waals surface area contributed by atoms with Crippen molar-refractivity contribution >= 4 is 23.2 Å². The van der Waals surface area contributed by atoms with Crippen molar-refractivity contribution in [1.29, 1.82) is 0 Å². The summed E-state index contributed by atoms with van der Waals surface area (Å²) >= 11 is 12.4. The van der Waals surface area contributed by atoms with E-state index in [2.05, 4.69) is 13.8 Å². The molecule has 2 aromatic rings. The van der Waals surface area contributed by atoms with Crippen LogP contribution in [0.2, 0.25) is 10.0 Å². The zero-order valence-corrected chi connectivity index (χ0v) is 15.7. The van der Waals surface area contributed by atoms with Crippen LogP contribution in [0.25, 0.3) is 0 Å². The van der Waals surface area contributed by atoms with Crippen LogP contribution >= 0.6 is 23.2 Å². The molecule has 0 aliphatic carbocycles. The second-order valence-electron chi connectivity index (χ2n) is 6.27. The molecule has 0 saturated carbocycles. The first-order valence-corrected chi connectivity index (χ1v) is 9.18. The Morgan fingerprint density at radius 3 is 1.67 bits per heavy atom. The summed E-state index contributed by atoms with van der Waals surface area (Å²) in [6.07, 6.45) is 5.05. The highest BCUT2D eigenvalue weighted by Crippen LogP contribution is 2.44. The van der Waals surface area contributed by atoms with Crippen molar-refractivity contribution in [3.8, 4) is 11.5 Å². The van der Waals surface area contributed by atoms with Crippen molar-refractivity contribution in [3.05, 3.63) is 57.6 Å². The molecule has 0 aliphatic heterocycles. The van der Waals surface area contributed by atoms with Crippen LogP contribution in [0, 0.1) is 0 Å². The monoisotopic (exact) mass is 366 g/mol. The Hall–Kier alpha value is -1.38. The molecule has 0 amide bonds. The fourth-order valence-electron chi connectivity index (χ4n) is 3.38. The normalized spacial score (nSPS) is 11.7. The molecule has 0 unspecified atom stereocenters. The summed E-state index contributed by atoms with van der Waals surface area (Å²) in [6.45, 7) is 4.33. The third-order valence-corrected chi connectivity index (χ3v) is 5.24. The Morgan fingerprint density at radius 1 is 0.792 bits per heavy atom. The summed E-state index contributed by atoms with van der Waals surface area (Å²) < 4.78 is 0. The highest BCUT2D eigenvalue weighted by molar-refractivity contribution is 6.32. The number of aromatic hydroxyl groups is 2. The zero-order valence-electron chi connectivity index (χ0n) is 14.1. The molecule has 0 fully saturated rings. The maximum absolute atomic E-state index is 9.78. The summed E-state index contributed by atoms with van der Waals surface area (Å²) in [5, 5.41) is 20.3. The molecule has 0 bridgehead atoms. The van der Waals surface area contributed by atoms with Crippen molar-refractivity contribution in [2.75, 3.05) is 0 Å². The molecule has 130 valence electrons. The lowest BCUT2D eigenvalue weighted by Crippen LogP contribution is -2.28. The summed E-state index contributed by atoms with van der Waals surface area (Å²) in [5.74, 6) is 0.176. The zero-order chi connectivity index (χ0) is 17.7. The lowest BCUT2D eigenvalue weighted by atomic mass is 9.68. The first kappa shape index (κ1) is 19.0.